The maximum atomic E-state index is 12.2. The number of hydrogen-bond donors (Lipinski definition) is 0. The van der Waals surface area contributed by atoms with Crippen molar-refractivity contribution in [3.05, 3.63) is 28.2 Å². The average Bonchev–Trinajstić information content (AvgIpc) is 2.46. The maximum Gasteiger partial charge on any atom is 0.410 e. The van der Waals surface area contributed by atoms with E-state index in [4.69, 9.17) is 10.00 Å². The van der Waals surface area contributed by atoms with Gasteiger partial charge in [0.25, 0.3) is 0 Å². The van der Waals surface area contributed by atoms with E-state index in [2.05, 4.69) is 33.8 Å². The third-order valence-electron chi connectivity index (χ3n) is 3.68. The van der Waals surface area contributed by atoms with E-state index in [-0.39, 0.29) is 12.1 Å². The minimum atomic E-state index is -0.481. The monoisotopic (exact) mass is 379 g/mol. The summed E-state index contributed by atoms with van der Waals surface area (Å²) in [6.45, 7) is 9.61. The number of carbonyl (C=O) groups is 1. The molecule has 0 bridgehead atoms. The molecule has 6 heteroatoms. The standard InChI is InChI=1S/C17H22BrN3O2/c1-12-11-20(16(22)23-17(2,3)4)7-8-21(12)14-5-6-15(18)13(9-14)10-19/h5-6,9,12H,7-8,11H2,1-4H3/t12-/m0/s1. The minimum absolute atomic E-state index is 0.156. The van der Waals surface area contributed by atoms with Gasteiger partial charge >= 0.3 is 6.09 Å². The predicted molar refractivity (Wildman–Crippen MR) is 93.5 cm³/mol. The molecule has 1 fully saturated rings. The van der Waals surface area contributed by atoms with Crippen LogP contribution in [0, 0.1) is 11.3 Å². The molecule has 1 aliphatic heterocycles. The van der Waals surface area contributed by atoms with Crippen LogP contribution in [0.15, 0.2) is 22.7 Å². The third-order valence-corrected chi connectivity index (χ3v) is 4.37. The Kier molecular flexibility index (Phi) is 5.20. The summed E-state index contributed by atoms with van der Waals surface area (Å²) in [4.78, 5) is 16.1. The van der Waals surface area contributed by atoms with Crippen LogP contribution in [0.5, 0.6) is 0 Å². The van der Waals surface area contributed by atoms with Crippen LogP contribution in [0.1, 0.15) is 33.3 Å². The lowest BCUT2D eigenvalue weighted by Gasteiger charge is -2.41. The fourth-order valence-corrected chi connectivity index (χ4v) is 2.95. The molecule has 1 aromatic carbocycles. The Balaban J connectivity index is 2.07. The van der Waals surface area contributed by atoms with E-state index in [1.54, 1.807) is 4.90 Å². The molecule has 23 heavy (non-hydrogen) atoms. The first-order valence-corrected chi connectivity index (χ1v) is 8.45. The highest BCUT2D eigenvalue weighted by atomic mass is 79.9. The molecule has 0 radical (unpaired) electrons. The number of anilines is 1. The fraction of sp³-hybridized carbons (Fsp3) is 0.529. The van der Waals surface area contributed by atoms with E-state index >= 15 is 0 Å². The topological polar surface area (TPSA) is 56.6 Å². The van der Waals surface area contributed by atoms with E-state index in [0.29, 0.717) is 25.2 Å². The Labute approximate surface area is 145 Å². The van der Waals surface area contributed by atoms with Crippen LogP contribution in [0.4, 0.5) is 10.5 Å². The van der Waals surface area contributed by atoms with Gasteiger partial charge in [-0.05, 0) is 61.8 Å². The van der Waals surface area contributed by atoms with Crippen molar-refractivity contribution in [3.63, 3.8) is 0 Å². The SMILES string of the molecule is C[C@H]1CN(C(=O)OC(C)(C)C)CCN1c1ccc(Br)c(C#N)c1. The van der Waals surface area contributed by atoms with Crippen molar-refractivity contribution < 1.29 is 9.53 Å². The molecule has 1 atom stereocenters. The predicted octanol–water partition coefficient (Wildman–Crippen LogP) is 3.77. The molecule has 1 aliphatic rings. The molecule has 0 unspecified atom stereocenters. The molecular formula is C17H22BrN3O2. The van der Waals surface area contributed by atoms with Crippen LogP contribution in [-0.2, 0) is 4.74 Å². The molecule has 0 spiro atoms. The zero-order valence-corrected chi connectivity index (χ0v) is 15.6. The molecule has 1 saturated heterocycles. The van der Waals surface area contributed by atoms with E-state index in [1.807, 2.05) is 39.0 Å². The van der Waals surface area contributed by atoms with Crippen molar-refractivity contribution in [1.29, 1.82) is 5.26 Å². The summed E-state index contributed by atoms with van der Waals surface area (Å²) in [5.74, 6) is 0. The second-order valence-corrected chi connectivity index (χ2v) is 7.60. The van der Waals surface area contributed by atoms with E-state index in [1.165, 1.54) is 0 Å². The van der Waals surface area contributed by atoms with Crippen LogP contribution in [0.2, 0.25) is 0 Å². The second kappa shape index (κ2) is 6.79. The van der Waals surface area contributed by atoms with Gasteiger partial charge in [0.1, 0.15) is 11.7 Å². The summed E-state index contributed by atoms with van der Waals surface area (Å²) in [5, 5.41) is 9.16. The highest BCUT2D eigenvalue weighted by molar-refractivity contribution is 9.10. The van der Waals surface area contributed by atoms with Gasteiger partial charge in [-0.1, -0.05) is 0 Å². The Hall–Kier alpha value is -1.74. The van der Waals surface area contributed by atoms with Gasteiger partial charge in [0.2, 0.25) is 0 Å². The summed E-state index contributed by atoms with van der Waals surface area (Å²) in [6.07, 6.45) is -0.266. The van der Waals surface area contributed by atoms with Crippen molar-refractivity contribution in [2.45, 2.75) is 39.3 Å². The largest absolute Gasteiger partial charge is 0.444 e. The third kappa shape index (κ3) is 4.38. The molecule has 0 aromatic heterocycles. The number of hydrogen-bond acceptors (Lipinski definition) is 4. The smallest absolute Gasteiger partial charge is 0.410 e. The van der Waals surface area contributed by atoms with Crippen molar-refractivity contribution in [2.24, 2.45) is 0 Å². The molecular weight excluding hydrogens is 358 g/mol. The highest BCUT2D eigenvalue weighted by Crippen LogP contribution is 2.26. The first kappa shape index (κ1) is 17.6. The van der Waals surface area contributed by atoms with E-state index in [9.17, 15) is 4.79 Å². The lowest BCUT2D eigenvalue weighted by atomic mass is 10.1. The van der Waals surface area contributed by atoms with Crippen LogP contribution in [-0.4, -0.2) is 42.3 Å². The van der Waals surface area contributed by atoms with Crippen LogP contribution >= 0.6 is 15.9 Å². The van der Waals surface area contributed by atoms with Crippen molar-refractivity contribution in [1.82, 2.24) is 4.90 Å². The van der Waals surface area contributed by atoms with Gasteiger partial charge < -0.3 is 14.5 Å². The number of rotatable bonds is 1. The minimum Gasteiger partial charge on any atom is -0.444 e. The maximum absolute atomic E-state index is 12.2. The summed E-state index contributed by atoms with van der Waals surface area (Å²) in [6, 6.07) is 8.10. The quantitative estimate of drug-likeness (QED) is 0.744. The Morgan fingerprint density at radius 2 is 2.09 bits per heavy atom. The number of amides is 1. The fourth-order valence-electron chi connectivity index (χ4n) is 2.61. The zero-order valence-electron chi connectivity index (χ0n) is 14.0. The summed E-state index contributed by atoms with van der Waals surface area (Å²) in [7, 11) is 0. The normalized spacial score (nSPS) is 18.5. The lowest BCUT2D eigenvalue weighted by molar-refractivity contribution is 0.0219. The summed E-state index contributed by atoms with van der Waals surface area (Å²) >= 11 is 3.38. The number of piperazine rings is 1. The van der Waals surface area contributed by atoms with Gasteiger partial charge in [-0.3, -0.25) is 0 Å². The van der Waals surface area contributed by atoms with Crippen LogP contribution in [0.3, 0.4) is 0 Å². The number of ether oxygens (including phenoxy) is 1. The Morgan fingerprint density at radius 3 is 2.65 bits per heavy atom. The highest BCUT2D eigenvalue weighted by Gasteiger charge is 2.30. The molecule has 0 aliphatic carbocycles. The molecule has 0 saturated carbocycles. The van der Waals surface area contributed by atoms with Gasteiger partial charge in [0.15, 0.2) is 0 Å². The summed E-state index contributed by atoms with van der Waals surface area (Å²) < 4.78 is 6.23. The first-order chi connectivity index (χ1) is 10.7. The molecule has 1 heterocycles. The number of nitriles is 1. The molecule has 2 rings (SSSR count). The molecule has 1 aromatic rings. The lowest BCUT2D eigenvalue weighted by Crippen LogP contribution is -2.54. The molecule has 1 amide bonds. The van der Waals surface area contributed by atoms with Crippen molar-refractivity contribution in [2.75, 3.05) is 24.5 Å². The number of carbonyl (C=O) groups excluding carboxylic acids is 1. The van der Waals surface area contributed by atoms with Gasteiger partial charge in [0.05, 0.1) is 5.56 Å². The van der Waals surface area contributed by atoms with E-state index < -0.39 is 5.60 Å². The number of halogens is 1. The molecule has 124 valence electrons. The molecule has 5 nitrogen and oxygen atoms in total. The average molecular weight is 380 g/mol. The van der Waals surface area contributed by atoms with E-state index in [0.717, 1.165) is 10.2 Å². The van der Waals surface area contributed by atoms with Crippen LogP contribution in [0.25, 0.3) is 0 Å². The number of benzene rings is 1. The van der Waals surface area contributed by atoms with Crippen LogP contribution < -0.4 is 4.90 Å². The van der Waals surface area contributed by atoms with Gasteiger partial charge in [-0.2, -0.15) is 5.26 Å². The van der Waals surface area contributed by atoms with Gasteiger partial charge in [-0.15, -0.1) is 0 Å². The Morgan fingerprint density at radius 1 is 1.39 bits per heavy atom. The summed E-state index contributed by atoms with van der Waals surface area (Å²) in [5.41, 5.74) is 1.13. The first-order valence-electron chi connectivity index (χ1n) is 7.65. The Bertz CT molecular complexity index is 634. The van der Waals surface area contributed by atoms with Crippen molar-refractivity contribution >= 4 is 27.7 Å². The molecule has 0 N–H and O–H groups in total. The van der Waals surface area contributed by atoms with Gasteiger partial charge in [-0.25, -0.2) is 4.79 Å². The van der Waals surface area contributed by atoms with Gasteiger partial charge in [0, 0.05) is 35.8 Å². The second-order valence-electron chi connectivity index (χ2n) is 6.74. The van der Waals surface area contributed by atoms with Crippen molar-refractivity contribution in [3.8, 4) is 6.07 Å². The number of nitrogens with zero attached hydrogens (tertiary/aromatic N) is 3. The zero-order chi connectivity index (χ0) is 17.2.